The third-order valence-electron chi connectivity index (χ3n) is 5.01. The van der Waals surface area contributed by atoms with Crippen molar-refractivity contribution < 1.29 is 9.50 Å². The molecule has 2 aromatic carbocycles. The molecule has 0 bridgehead atoms. The Morgan fingerprint density at radius 1 is 1.12 bits per heavy atom. The molecule has 0 aromatic heterocycles. The summed E-state index contributed by atoms with van der Waals surface area (Å²) in [4.78, 5) is 2.36. The first-order valence-electron chi connectivity index (χ1n) is 9.01. The topological polar surface area (TPSA) is 35.5 Å². The van der Waals surface area contributed by atoms with E-state index in [-0.39, 0.29) is 5.82 Å². The van der Waals surface area contributed by atoms with Crippen LogP contribution < -0.4 is 5.32 Å². The smallest absolute Gasteiger partial charge is 0.123 e. The highest BCUT2D eigenvalue weighted by Gasteiger charge is 2.25. The van der Waals surface area contributed by atoms with Gasteiger partial charge in [-0.25, -0.2) is 4.39 Å². The summed E-state index contributed by atoms with van der Waals surface area (Å²) in [6, 6.07) is 17.0. The third kappa shape index (κ3) is 5.11. The average molecular weight is 342 g/mol. The Balaban J connectivity index is 1.45. The number of likely N-dealkylation sites (tertiary alicyclic amines) is 1. The van der Waals surface area contributed by atoms with Crippen molar-refractivity contribution in [3.8, 4) is 0 Å². The van der Waals surface area contributed by atoms with Crippen molar-refractivity contribution in [2.24, 2.45) is 0 Å². The highest BCUT2D eigenvalue weighted by atomic mass is 19.1. The minimum absolute atomic E-state index is 0.169. The van der Waals surface area contributed by atoms with Crippen LogP contribution in [0.25, 0.3) is 0 Å². The quantitative estimate of drug-likeness (QED) is 0.846. The first kappa shape index (κ1) is 18.1. The zero-order valence-electron chi connectivity index (χ0n) is 14.8. The molecular formula is C21H27FN2O. The largest absolute Gasteiger partial charge is 0.384 e. The van der Waals surface area contributed by atoms with Crippen molar-refractivity contribution in [3.63, 3.8) is 0 Å². The molecule has 1 heterocycles. The number of hydrogen-bond donors (Lipinski definition) is 2. The number of halogens is 1. The van der Waals surface area contributed by atoms with E-state index in [4.69, 9.17) is 0 Å². The predicted molar refractivity (Wildman–Crippen MR) is 98.7 cm³/mol. The standard InChI is InChI=1S/C21H27FN2O/c1-21(25,18-7-3-2-4-8-18)16-23-20-10-12-24(13-11-20)15-17-6-5-9-19(22)14-17/h2-9,14,20,23,25H,10-13,15-16H2,1H3. The highest BCUT2D eigenvalue weighted by molar-refractivity contribution is 5.21. The molecule has 3 nitrogen and oxygen atoms in total. The maximum Gasteiger partial charge on any atom is 0.123 e. The van der Waals surface area contributed by atoms with E-state index in [2.05, 4.69) is 10.2 Å². The van der Waals surface area contributed by atoms with Gasteiger partial charge in [0.15, 0.2) is 0 Å². The number of nitrogens with zero attached hydrogens (tertiary/aromatic N) is 1. The van der Waals surface area contributed by atoms with Gasteiger partial charge in [-0.2, -0.15) is 0 Å². The Morgan fingerprint density at radius 2 is 1.84 bits per heavy atom. The fourth-order valence-corrected chi connectivity index (χ4v) is 3.43. The molecule has 2 aromatic rings. The summed E-state index contributed by atoms with van der Waals surface area (Å²) >= 11 is 0. The van der Waals surface area contributed by atoms with Gasteiger partial charge in [0, 0.05) is 19.1 Å². The summed E-state index contributed by atoms with van der Waals surface area (Å²) in [7, 11) is 0. The van der Waals surface area contributed by atoms with Gasteiger partial charge in [0.2, 0.25) is 0 Å². The van der Waals surface area contributed by atoms with Gasteiger partial charge in [-0.1, -0.05) is 42.5 Å². The fraction of sp³-hybridized carbons (Fsp3) is 0.429. The normalized spacial score (nSPS) is 18.8. The molecule has 1 aliphatic rings. The Bertz CT molecular complexity index is 667. The molecule has 4 heteroatoms. The number of rotatable bonds is 6. The maximum atomic E-state index is 13.3. The summed E-state index contributed by atoms with van der Waals surface area (Å²) in [5.41, 5.74) is 1.10. The van der Waals surface area contributed by atoms with Crippen LogP contribution in [0.15, 0.2) is 54.6 Å². The number of piperidine rings is 1. The van der Waals surface area contributed by atoms with Gasteiger partial charge in [-0.15, -0.1) is 0 Å². The van der Waals surface area contributed by atoms with Crippen LogP contribution in [0.5, 0.6) is 0 Å². The molecule has 0 spiro atoms. The van der Waals surface area contributed by atoms with Crippen molar-refractivity contribution in [3.05, 3.63) is 71.5 Å². The summed E-state index contributed by atoms with van der Waals surface area (Å²) in [6.45, 7) is 5.18. The van der Waals surface area contributed by atoms with Gasteiger partial charge in [-0.3, -0.25) is 4.90 Å². The van der Waals surface area contributed by atoms with Crippen molar-refractivity contribution >= 4 is 0 Å². The Labute approximate surface area is 149 Å². The van der Waals surface area contributed by atoms with E-state index >= 15 is 0 Å². The second-order valence-electron chi connectivity index (χ2n) is 7.20. The number of nitrogens with one attached hydrogen (secondary N) is 1. The predicted octanol–water partition coefficient (Wildman–Crippen LogP) is 3.29. The first-order valence-corrected chi connectivity index (χ1v) is 9.01. The summed E-state index contributed by atoms with van der Waals surface area (Å²) in [6.07, 6.45) is 2.08. The zero-order valence-corrected chi connectivity index (χ0v) is 14.8. The fourth-order valence-electron chi connectivity index (χ4n) is 3.43. The molecule has 1 unspecified atom stereocenters. The molecule has 2 N–H and O–H groups in total. The van der Waals surface area contributed by atoms with Crippen molar-refractivity contribution in [1.82, 2.24) is 10.2 Å². The van der Waals surface area contributed by atoms with E-state index in [1.807, 2.05) is 43.3 Å². The van der Waals surface area contributed by atoms with Crippen LogP contribution in [0.3, 0.4) is 0 Å². The van der Waals surface area contributed by atoms with Gasteiger partial charge in [0.05, 0.1) is 5.60 Å². The maximum absolute atomic E-state index is 13.3. The summed E-state index contributed by atoms with van der Waals surface area (Å²) in [5.74, 6) is -0.169. The van der Waals surface area contributed by atoms with Crippen LogP contribution in [0.4, 0.5) is 4.39 Å². The molecule has 0 saturated carbocycles. The Hall–Kier alpha value is -1.75. The molecule has 0 radical (unpaired) electrons. The van der Waals surface area contributed by atoms with E-state index in [0.717, 1.165) is 43.6 Å². The molecule has 25 heavy (non-hydrogen) atoms. The van der Waals surface area contributed by atoms with E-state index in [1.54, 1.807) is 12.1 Å². The lowest BCUT2D eigenvalue weighted by molar-refractivity contribution is 0.0499. The lowest BCUT2D eigenvalue weighted by atomic mass is 9.95. The van der Waals surface area contributed by atoms with Crippen LogP contribution in [-0.4, -0.2) is 35.7 Å². The van der Waals surface area contributed by atoms with E-state index in [1.165, 1.54) is 6.07 Å². The molecule has 0 aliphatic carbocycles. The van der Waals surface area contributed by atoms with Crippen molar-refractivity contribution in [1.29, 1.82) is 0 Å². The third-order valence-corrected chi connectivity index (χ3v) is 5.01. The number of benzene rings is 2. The summed E-state index contributed by atoms with van der Waals surface area (Å²) < 4.78 is 13.3. The lowest BCUT2D eigenvalue weighted by Gasteiger charge is -2.34. The second kappa shape index (κ2) is 8.09. The Kier molecular flexibility index (Phi) is 5.84. The number of aliphatic hydroxyl groups is 1. The van der Waals surface area contributed by atoms with Crippen LogP contribution in [0.2, 0.25) is 0 Å². The minimum atomic E-state index is -0.861. The molecular weight excluding hydrogens is 315 g/mol. The highest BCUT2D eigenvalue weighted by Crippen LogP contribution is 2.21. The number of hydrogen-bond acceptors (Lipinski definition) is 3. The first-order chi connectivity index (χ1) is 12.0. The van der Waals surface area contributed by atoms with Gasteiger partial charge < -0.3 is 10.4 Å². The molecule has 1 fully saturated rings. The zero-order chi connectivity index (χ0) is 17.7. The van der Waals surface area contributed by atoms with E-state index in [9.17, 15) is 9.50 Å². The molecule has 1 atom stereocenters. The minimum Gasteiger partial charge on any atom is -0.384 e. The van der Waals surface area contributed by atoms with Crippen molar-refractivity contribution in [2.45, 2.75) is 38.0 Å². The van der Waals surface area contributed by atoms with E-state index < -0.39 is 5.60 Å². The Morgan fingerprint density at radius 3 is 2.52 bits per heavy atom. The van der Waals surface area contributed by atoms with Gasteiger partial charge in [0.25, 0.3) is 0 Å². The second-order valence-corrected chi connectivity index (χ2v) is 7.20. The molecule has 134 valence electrons. The van der Waals surface area contributed by atoms with E-state index in [0.29, 0.717) is 12.6 Å². The van der Waals surface area contributed by atoms with Gasteiger partial charge in [0.1, 0.15) is 5.82 Å². The van der Waals surface area contributed by atoms with Crippen LogP contribution >= 0.6 is 0 Å². The van der Waals surface area contributed by atoms with Crippen LogP contribution in [0, 0.1) is 5.82 Å². The molecule has 1 aliphatic heterocycles. The van der Waals surface area contributed by atoms with Crippen molar-refractivity contribution in [2.75, 3.05) is 19.6 Å². The lowest BCUT2D eigenvalue weighted by Crippen LogP contribution is -2.46. The van der Waals surface area contributed by atoms with Gasteiger partial charge in [-0.05, 0) is 56.1 Å². The molecule has 3 rings (SSSR count). The molecule has 0 amide bonds. The molecule has 1 saturated heterocycles. The average Bonchev–Trinajstić information content (AvgIpc) is 2.62. The SMILES string of the molecule is CC(O)(CNC1CCN(Cc2cccc(F)c2)CC1)c1ccccc1. The monoisotopic (exact) mass is 342 g/mol. The summed E-state index contributed by atoms with van der Waals surface area (Å²) in [5, 5.41) is 14.2. The van der Waals surface area contributed by atoms with Gasteiger partial charge >= 0.3 is 0 Å². The van der Waals surface area contributed by atoms with Crippen LogP contribution in [-0.2, 0) is 12.1 Å². The van der Waals surface area contributed by atoms with Crippen LogP contribution in [0.1, 0.15) is 30.9 Å².